The number of amides is 3. The van der Waals surface area contributed by atoms with Gasteiger partial charge in [0.2, 0.25) is 5.91 Å². The van der Waals surface area contributed by atoms with Gasteiger partial charge < -0.3 is 14.8 Å². The lowest BCUT2D eigenvalue weighted by atomic mass is 10.1. The van der Waals surface area contributed by atoms with E-state index in [9.17, 15) is 14.4 Å². The highest BCUT2D eigenvalue weighted by Gasteiger charge is 2.35. The molecule has 38 heavy (non-hydrogen) atoms. The maximum Gasteiger partial charge on any atom is 0.410 e. The Hall–Kier alpha value is -4.44. The normalized spacial score (nSPS) is 14.8. The number of hydrogen-bond donors (Lipinski definition) is 2. The molecule has 3 aromatic carbocycles. The average molecular weight is 531 g/mol. The summed E-state index contributed by atoms with van der Waals surface area (Å²) in [5, 5.41) is 6.14. The van der Waals surface area contributed by atoms with Crippen molar-refractivity contribution < 1.29 is 23.9 Å². The molecule has 1 atom stereocenters. The van der Waals surface area contributed by atoms with Crippen LogP contribution in [0.4, 0.5) is 15.6 Å². The Morgan fingerprint density at radius 3 is 2.58 bits per heavy atom. The molecule has 1 aliphatic rings. The Balaban J connectivity index is 1.16. The molecule has 0 aliphatic carbocycles. The smallest absolute Gasteiger partial charge is 0.410 e. The fourth-order valence-electron chi connectivity index (χ4n) is 4.25. The molecule has 0 spiro atoms. The highest BCUT2D eigenvalue weighted by Crippen LogP contribution is 2.29. The van der Waals surface area contributed by atoms with E-state index in [1.807, 2.05) is 48.5 Å². The molecule has 1 aromatic heterocycles. The van der Waals surface area contributed by atoms with Crippen LogP contribution in [-0.2, 0) is 16.1 Å². The molecule has 2 heterocycles. The van der Waals surface area contributed by atoms with Gasteiger partial charge in [-0.2, -0.15) is 0 Å². The van der Waals surface area contributed by atoms with Crippen molar-refractivity contribution >= 4 is 50.3 Å². The van der Waals surface area contributed by atoms with E-state index in [1.54, 1.807) is 31.4 Å². The first-order valence-electron chi connectivity index (χ1n) is 12.1. The predicted octanol–water partition coefficient (Wildman–Crippen LogP) is 5.30. The second-order valence-corrected chi connectivity index (χ2v) is 9.80. The van der Waals surface area contributed by atoms with Gasteiger partial charge in [0, 0.05) is 17.8 Å². The Morgan fingerprint density at radius 2 is 1.82 bits per heavy atom. The van der Waals surface area contributed by atoms with Gasteiger partial charge in [0.1, 0.15) is 18.4 Å². The standard InChI is InChI=1S/C28H26N4O5S/c1-36-21-13-14-22-24(16-21)38-27(30-22)31-25(33)19-9-11-20(12-10-19)29-26(34)23-8-5-15-32(23)28(35)37-17-18-6-3-2-4-7-18/h2-4,6-7,9-14,16,23H,5,8,15,17H2,1H3,(H,29,34)(H,30,31,33)/t23-/m0/s1. The van der Waals surface area contributed by atoms with Crippen molar-refractivity contribution in [3.63, 3.8) is 0 Å². The zero-order valence-electron chi connectivity index (χ0n) is 20.7. The van der Waals surface area contributed by atoms with E-state index >= 15 is 0 Å². The number of fused-ring (bicyclic) bond motifs is 1. The third kappa shape index (κ3) is 5.76. The zero-order chi connectivity index (χ0) is 26.5. The number of carbonyl (C=O) groups is 3. The first-order chi connectivity index (χ1) is 18.5. The summed E-state index contributed by atoms with van der Waals surface area (Å²) in [7, 11) is 1.60. The molecule has 0 saturated carbocycles. The van der Waals surface area contributed by atoms with Crippen molar-refractivity contribution in [2.45, 2.75) is 25.5 Å². The van der Waals surface area contributed by atoms with Crippen LogP contribution in [-0.4, -0.2) is 47.5 Å². The molecular weight excluding hydrogens is 504 g/mol. The molecule has 3 amide bonds. The second-order valence-electron chi connectivity index (χ2n) is 8.77. The van der Waals surface area contributed by atoms with Crippen molar-refractivity contribution in [3.8, 4) is 5.75 Å². The second kappa shape index (κ2) is 11.3. The molecule has 2 N–H and O–H groups in total. The van der Waals surface area contributed by atoms with E-state index in [0.717, 1.165) is 28.0 Å². The van der Waals surface area contributed by atoms with Crippen molar-refractivity contribution in [1.29, 1.82) is 0 Å². The van der Waals surface area contributed by atoms with Crippen molar-refractivity contribution in [2.75, 3.05) is 24.3 Å². The average Bonchev–Trinajstić information content (AvgIpc) is 3.59. The van der Waals surface area contributed by atoms with E-state index in [2.05, 4.69) is 15.6 Å². The monoisotopic (exact) mass is 530 g/mol. The fourth-order valence-corrected chi connectivity index (χ4v) is 5.13. The van der Waals surface area contributed by atoms with Crippen LogP contribution in [0, 0.1) is 0 Å². The molecule has 10 heteroatoms. The number of rotatable bonds is 7. The number of hydrogen-bond acceptors (Lipinski definition) is 7. The van der Waals surface area contributed by atoms with Crippen molar-refractivity contribution in [2.24, 2.45) is 0 Å². The van der Waals surface area contributed by atoms with Crippen molar-refractivity contribution in [3.05, 3.63) is 83.9 Å². The topological polar surface area (TPSA) is 110 Å². The summed E-state index contributed by atoms with van der Waals surface area (Å²) in [6.07, 6.45) is 0.767. The van der Waals surface area contributed by atoms with Crippen LogP contribution in [0.5, 0.6) is 5.75 Å². The van der Waals surface area contributed by atoms with E-state index in [4.69, 9.17) is 9.47 Å². The number of aromatic nitrogens is 1. The lowest BCUT2D eigenvalue weighted by molar-refractivity contribution is -0.120. The minimum Gasteiger partial charge on any atom is -0.497 e. The van der Waals surface area contributed by atoms with Gasteiger partial charge in [0.25, 0.3) is 5.91 Å². The molecule has 194 valence electrons. The van der Waals surface area contributed by atoms with Crippen LogP contribution >= 0.6 is 11.3 Å². The lowest BCUT2D eigenvalue weighted by Gasteiger charge is -2.23. The molecule has 9 nitrogen and oxygen atoms in total. The maximum atomic E-state index is 12.9. The van der Waals surface area contributed by atoms with Crippen LogP contribution in [0.1, 0.15) is 28.8 Å². The predicted molar refractivity (Wildman–Crippen MR) is 146 cm³/mol. The molecule has 5 rings (SSSR count). The van der Waals surface area contributed by atoms with Crippen LogP contribution in [0.15, 0.2) is 72.8 Å². The number of anilines is 2. The van der Waals surface area contributed by atoms with E-state index < -0.39 is 12.1 Å². The lowest BCUT2D eigenvalue weighted by Crippen LogP contribution is -2.43. The van der Waals surface area contributed by atoms with E-state index in [0.29, 0.717) is 29.3 Å². The first-order valence-corrected chi connectivity index (χ1v) is 13.0. The molecule has 0 unspecified atom stereocenters. The van der Waals surface area contributed by atoms with Gasteiger partial charge in [-0.3, -0.25) is 19.8 Å². The van der Waals surface area contributed by atoms with Gasteiger partial charge in [0.05, 0.1) is 17.3 Å². The Kier molecular flexibility index (Phi) is 7.50. The van der Waals surface area contributed by atoms with Gasteiger partial charge in [-0.1, -0.05) is 41.7 Å². The summed E-state index contributed by atoms with van der Waals surface area (Å²) in [5.41, 5.74) is 2.61. The Bertz CT molecular complexity index is 1460. The largest absolute Gasteiger partial charge is 0.497 e. The molecule has 4 aromatic rings. The quantitative estimate of drug-likeness (QED) is 0.336. The summed E-state index contributed by atoms with van der Waals surface area (Å²) >= 11 is 1.36. The van der Waals surface area contributed by atoms with Crippen LogP contribution in [0.2, 0.25) is 0 Å². The zero-order valence-corrected chi connectivity index (χ0v) is 21.5. The summed E-state index contributed by atoms with van der Waals surface area (Å²) < 4.78 is 11.6. The third-order valence-corrected chi connectivity index (χ3v) is 7.16. The molecule has 1 saturated heterocycles. The molecule has 0 radical (unpaired) electrons. The Morgan fingerprint density at radius 1 is 1.03 bits per heavy atom. The highest BCUT2D eigenvalue weighted by molar-refractivity contribution is 7.22. The number of nitrogens with one attached hydrogen (secondary N) is 2. The van der Waals surface area contributed by atoms with Crippen LogP contribution in [0.25, 0.3) is 10.2 Å². The number of ether oxygens (including phenoxy) is 2. The van der Waals surface area contributed by atoms with Crippen LogP contribution < -0.4 is 15.4 Å². The number of benzene rings is 3. The molecule has 1 aliphatic heterocycles. The number of carbonyl (C=O) groups excluding carboxylic acids is 3. The number of methoxy groups -OCH3 is 1. The van der Waals surface area contributed by atoms with Crippen LogP contribution in [0.3, 0.4) is 0 Å². The Labute approximate surface area is 223 Å². The van der Waals surface area contributed by atoms with Gasteiger partial charge in [0.15, 0.2) is 5.13 Å². The SMILES string of the molecule is COc1ccc2nc(NC(=O)c3ccc(NC(=O)[C@@H]4CCCN4C(=O)OCc4ccccc4)cc3)sc2c1. The number of likely N-dealkylation sites (tertiary alicyclic amines) is 1. The first kappa shape index (κ1) is 25.2. The van der Waals surface area contributed by atoms with Gasteiger partial charge in [-0.05, 0) is 60.9 Å². The fraction of sp³-hybridized carbons (Fsp3) is 0.214. The molecule has 0 bridgehead atoms. The van der Waals surface area contributed by atoms with Crippen molar-refractivity contribution in [1.82, 2.24) is 9.88 Å². The number of nitrogens with zero attached hydrogens (tertiary/aromatic N) is 2. The summed E-state index contributed by atoms with van der Waals surface area (Å²) in [6, 6.07) is 20.9. The highest BCUT2D eigenvalue weighted by atomic mass is 32.1. The minimum absolute atomic E-state index is 0.152. The third-order valence-electron chi connectivity index (χ3n) is 6.23. The van der Waals surface area contributed by atoms with Gasteiger partial charge in [-0.15, -0.1) is 0 Å². The van der Waals surface area contributed by atoms with Gasteiger partial charge >= 0.3 is 6.09 Å². The maximum absolute atomic E-state index is 12.9. The van der Waals surface area contributed by atoms with E-state index in [1.165, 1.54) is 16.2 Å². The summed E-state index contributed by atoms with van der Waals surface area (Å²) in [5.74, 6) is 0.125. The molecular formula is C28H26N4O5S. The minimum atomic E-state index is -0.612. The molecule has 1 fully saturated rings. The summed E-state index contributed by atoms with van der Waals surface area (Å²) in [6.45, 7) is 0.614. The number of thiazole rings is 1. The van der Waals surface area contributed by atoms with Gasteiger partial charge in [-0.25, -0.2) is 9.78 Å². The summed E-state index contributed by atoms with van der Waals surface area (Å²) in [4.78, 5) is 44.2. The van der Waals surface area contributed by atoms with E-state index in [-0.39, 0.29) is 18.4 Å².